The van der Waals surface area contributed by atoms with Gasteiger partial charge in [0.15, 0.2) is 0 Å². The molecule has 0 aromatic heterocycles. The first-order valence-corrected chi connectivity index (χ1v) is 4.96. The lowest BCUT2D eigenvalue weighted by atomic mass is 10.1. The third kappa shape index (κ3) is 2.46. The van der Waals surface area contributed by atoms with Gasteiger partial charge in [0, 0.05) is 13.2 Å². The van der Waals surface area contributed by atoms with Gasteiger partial charge in [-0.1, -0.05) is 0 Å². The zero-order valence-corrected chi connectivity index (χ0v) is 8.67. The summed E-state index contributed by atoms with van der Waals surface area (Å²) < 4.78 is 5.26. The van der Waals surface area contributed by atoms with Gasteiger partial charge >= 0.3 is 0 Å². The van der Waals surface area contributed by atoms with Gasteiger partial charge < -0.3 is 10.1 Å². The quantitative estimate of drug-likeness (QED) is 0.708. The van der Waals surface area contributed by atoms with Crippen LogP contribution in [0.25, 0.3) is 0 Å². The van der Waals surface area contributed by atoms with Crippen LogP contribution in [0.5, 0.6) is 0 Å². The van der Waals surface area contributed by atoms with Crippen LogP contribution >= 0.6 is 0 Å². The molecule has 0 aromatic rings. The molecule has 0 bridgehead atoms. The molecule has 0 aromatic carbocycles. The summed E-state index contributed by atoms with van der Waals surface area (Å²) in [5.74, 6) is -0.147. The minimum absolute atomic E-state index is 0.0124. The normalized spacial score (nSPS) is 19.5. The van der Waals surface area contributed by atoms with E-state index >= 15 is 0 Å². The first kappa shape index (κ1) is 11.0. The van der Waals surface area contributed by atoms with Gasteiger partial charge in [-0.15, -0.1) is 0 Å². The second-order valence-corrected chi connectivity index (χ2v) is 3.67. The predicted molar refractivity (Wildman–Crippen MR) is 51.4 cm³/mol. The van der Waals surface area contributed by atoms with Crippen LogP contribution in [0.1, 0.15) is 26.7 Å². The summed E-state index contributed by atoms with van der Waals surface area (Å²) in [6.45, 7) is 4.93. The van der Waals surface area contributed by atoms with Crippen molar-refractivity contribution in [1.82, 2.24) is 5.32 Å². The predicted octanol–water partition coefficient (Wildman–Crippen LogP) is 0.831. The van der Waals surface area contributed by atoms with Gasteiger partial charge in [0.2, 0.25) is 5.91 Å². The summed E-state index contributed by atoms with van der Waals surface area (Å²) in [5.41, 5.74) is -0.716. The third-order valence-electron chi connectivity index (χ3n) is 2.40. The van der Waals surface area contributed by atoms with E-state index in [0.717, 1.165) is 0 Å². The molecule has 1 N–H and O–H groups in total. The average molecular weight is 196 g/mol. The summed E-state index contributed by atoms with van der Waals surface area (Å²) >= 11 is 0. The second kappa shape index (κ2) is 4.43. The van der Waals surface area contributed by atoms with Gasteiger partial charge in [0.05, 0.1) is 12.2 Å². The zero-order chi connectivity index (χ0) is 10.6. The third-order valence-corrected chi connectivity index (χ3v) is 2.40. The molecule has 14 heavy (non-hydrogen) atoms. The monoisotopic (exact) mass is 196 g/mol. The Morgan fingerprint density at radius 1 is 1.71 bits per heavy atom. The number of hydrogen-bond donors (Lipinski definition) is 1. The Morgan fingerprint density at radius 3 is 2.79 bits per heavy atom. The molecule has 0 aliphatic heterocycles. The molecule has 0 spiro atoms. The molecule has 1 fully saturated rings. The Hall–Kier alpha value is -1.08. The van der Waals surface area contributed by atoms with Gasteiger partial charge in [-0.3, -0.25) is 4.79 Å². The Kier molecular flexibility index (Phi) is 3.48. The Balaban J connectivity index is 2.26. The number of carbonyl (C=O) groups excluding carboxylic acids is 1. The maximum atomic E-state index is 11.5. The van der Waals surface area contributed by atoms with Gasteiger partial charge in [-0.25, -0.2) is 0 Å². The largest absolute Gasteiger partial charge is 0.377 e. The number of hydrogen-bond acceptors (Lipinski definition) is 3. The SMILES string of the molecule is CCOC(C)CNC(=O)C1(C#N)CC1. The molecule has 1 saturated carbocycles. The smallest absolute Gasteiger partial charge is 0.240 e. The van der Waals surface area contributed by atoms with Gasteiger partial charge in [0.25, 0.3) is 0 Å². The fraction of sp³-hybridized carbons (Fsp3) is 0.800. The van der Waals surface area contributed by atoms with Crippen molar-refractivity contribution in [1.29, 1.82) is 5.26 Å². The van der Waals surface area contributed by atoms with Crippen molar-refractivity contribution < 1.29 is 9.53 Å². The van der Waals surface area contributed by atoms with Crippen LogP contribution in [0.3, 0.4) is 0 Å². The number of ether oxygens (including phenoxy) is 1. The molecule has 78 valence electrons. The van der Waals surface area contributed by atoms with Gasteiger partial charge in [0.1, 0.15) is 5.41 Å². The van der Waals surface area contributed by atoms with Crippen LogP contribution in [0.15, 0.2) is 0 Å². The van der Waals surface area contributed by atoms with E-state index in [2.05, 4.69) is 11.4 Å². The molecule has 1 rings (SSSR count). The first-order chi connectivity index (χ1) is 6.64. The van der Waals surface area contributed by atoms with Crippen molar-refractivity contribution in [2.75, 3.05) is 13.2 Å². The molecule has 0 radical (unpaired) electrons. The fourth-order valence-corrected chi connectivity index (χ4v) is 1.26. The van der Waals surface area contributed by atoms with Crippen LogP contribution < -0.4 is 5.32 Å². The summed E-state index contributed by atoms with van der Waals surface area (Å²) in [6, 6.07) is 2.06. The van der Waals surface area contributed by atoms with Crippen LogP contribution in [0.4, 0.5) is 0 Å². The van der Waals surface area contributed by atoms with E-state index in [0.29, 0.717) is 26.0 Å². The Labute approximate surface area is 84.2 Å². The number of carbonyl (C=O) groups is 1. The van der Waals surface area contributed by atoms with Crippen molar-refractivity contribution in [2.24, 2.45) is 5.41 Å². The number of amides is 1. The maximum absolute atomic E-state index is 11.5. The summed E-state index contributed by atoms with van der Waals surface area (Å²) in [7, 11) is 0. The van der Waals surface area contributed by atoms with E-state index in [1.807, 2.05) is 13.8 Å². The van der Waals surface area contributed by atoms with Crippen molar-refractivity contribution in [2.45, 2.75) is 32.8 Å². The lowest BCUT2D eigenvalue weighted by molar-refractivity contribution is -0.125. The van der Waals surface area contributed by atoms with Crippen LogP contribution in [0.2, 0.25) is 0 Å². The van der Waals surface area contributed by atoms with E-state index in [-0.39, 0.29) is 12.0 Å². The standard InChI is InChI=1S/C10H16N2O2/c1-3-14-8(2)6-12-9(13)10(7-11)4-5-10/h8H,3-6H2,1-2H3,(H,12,13). The molecule has 0 heterocycles. The van der Waals surface area contributed by atoms with E-state index in [1.54, 1.807) is 0 Å². The molecule has 1 aliphatic carbocycles. The molecule has 4 heteroatoms. The molecule has 4 nitrogen and oxygen atoms in total. The van der Waals surface area contributed by atoms with Crippen molar-refractivity contribution in [3.63, 3.8) is 0 Å². The summed E-state index contributed by atoms with van der Waals surface area (Å²) in [6.07, 6.45) is 1.40. The highest BCUT2D eigenvalue weighted by molar-refractivity contribution is 5.88. The molecule has 1 unspecified atom stereocenters. The molecular weight excluding hydrogens is 180 g/mol. The highest BCUT2D eigenvalue weighted by Crippen LogP contribution is 2.44. The highest BCUT2D eigenvalue weighted by atomic mass is 16.5. The first-order valence-electron chi connectivity index (χ1n) is 4.96. The summed E-state index contributed by atoms with van der Waals surface area (Å²) in [4.78, 5) is 11.5. The van der Waals surface area contributed by atoms with E-state index in [9.17, 15) is 4.79 Å². The number of nitrogens with one attached hydrogen (secondary N) is 1. The molecular formula is C10H16N2O2. The van der Waals surface area contributed by atoms with E-state index in [1.165, 1.54) is 0 Å². The van der Waals surface area contributed by atoms with Crippen LogP contribution in [-0.4, -0.2) is 25.2 Å². The van der Waals surface area contributed by atoms with Crippen molar-refractivity contribution in [3.05, 3.63) is 0 Å². The lowest BCUT2D eigenvalue weighted by Crippen LogP contribution is -2.36. The molecule has 1 amide bonds. The maximum Gasteiger partial charge on any atom is 0.240 e. The Morgan fingerprint density at radius 2 is 2.36 bits per heavy atom. The number of nitriles is 1. The van der Waals surface area contributed by atoms with Crippen LogP contribution in [-0.2, 0) is 9.53 Å². The second-order valence-electron chi connectivity index (χ2n) is 3.67. The molecule has 0 saturated heterocycles. The number of rotatable bonds is 5. The van der Waals surface area contributed by atoms with E-state index in [4.69, 9.17) is 10.00 Å². The minimum atomic E-state index is -0.716. The van der Waals surface area contributed by atoms with Crippen molar-refractivity contribution in [3.8, 4) is 6.07 Å². The molecule has 1 aliphatic rings. The van der Waals surface area contributed by atoms with Crippen molar-refractivity contribution >= 4 is 5.91 Å². The number of nitrogens with zero attached hydrogens (tertiary/aromatic N) is 1. The molecule has 1 atom stereocenters. The highest BCUT2D eigenvalue weighted by Gasteiger charge is 2.50. The van der Waals surface area contributed by atoms with Gasteiger partial charge in [-0.2, -0.15) is 5.26 Å². The Bertz CT molecular complexity index is 253. The van der Waals surface area contributed by atoms with Gasteiger partial charge in [-0.05, 0) is 26.7 Å². The minimum Gasteiger partial charge on any atom is -0.377 e. The zero-order valence-electron chi connectivity index (χ0n) is 8.67. The van der Waals surface area contributed by atoms with E-state index < -0.39 is 5.41 Å². The lowest BCUT2D eigenvalue weighted by Gasteiger charge is -2.13. The van der Waals surface area contributed by atoms with Crippen LogP contribution in [0, 0.1) is 16.7 Å². The fourth-order valence-electron chi connectivity index (χ4n) is 1.26. The average Bonchev–Trinajstić information content (AvgIpc) is 2.95. The summed E-state index contributed by atoms with van der Waals surface area (Å²) in [5, 5.41) is 11.5. The topological polar surface area (TPSA) is 62.1 Å².